The van der Waals surface area contributed by atoms with E-state index in [4.69, 9.17) is 4.74 Å². The van der Waals surface area contributed by atoms with Gasteiger partial charge in [0.1, 0.15) is 0 Å². The highest BCUT2D eigenvalue weighted by Gasteiger charge is 2.27. The van der Waals surface area contributed by atoms with Crippen molar-refractivity contribution >= 4 is 10.0 Å². The molecule has 2 N–H and O–H groups in total. The van der Waals surface area contributed by atoms with E-state index in [-0.39, 0.29) is 11.8 Å². The van der Waals surface area contributed by atoms with Gasteiger partial charge in [0.2, 0.25) is 10.0 Å². The SMILES string of the molecule is CC(C)CC(O)CNS(=O)(=O)C1CCOCC1. The standard InChI is InChI=1S/C11H23NO4S/c1-9(2)7-10(13)8-12-17(14,15)11-3-5-16-6-4-11/h9-13H,3-8H2,1-2H3. The second kappa shape index (κ2) is 6.68. The summed E-state index contributed by atoms with van der Waals surface area (Å²) < 4.78 is 31.4. The van der Waals surface area contributed by atoms with Crippen LogP contribution in [0.25, 0.3) is 0 Å². The number of rotatable bonds is 6. The van der Waals surface area contributed by atoms with Gasteiger partial charge in [-0.25, -0.2) is 13.1 Å². The van der Waals surface area contributed by atoms with Crippen LogP contribution in [0.15, 0.2) is 0 Å². The van der Waals surface area contributed by atoms with Crippen LogP contribution >= 0.6 is 0 Å². The number of aliphatic hydroxyl groups is 1. The summed E-state index contributed by atoms with van der Waals surface area (Å²) in [6.07, 6.45) is 1.08. The molecule has 1 heterocycles. The third-order valence-electron chi connectivity index (χ3n) is 2.87. The van der Waals surface area contributed by atoms with Gasteiger partial charge in [-0.05, 0) is 25.2 Å². The Kier molecular flexibility index (Phi) is 5.85. The second-order valence-corrected chi connectivity index (χ2v) is 7.03. The quantitative estimate of drug-likeness (QED) is 0.733. The molecule has 0 aliphatic carbocycles. The van der Waals surface area contributed by atoms with E-state index in [1.54, 1.807) is 0 Å². The fourth-order valence-corrected chi connectivity index (χ4v) is 3.42. The lowest BCUT2D eigenvalue weighted by Gasteiger charge is -2.23. The molecule has 0 spiro atoms. The van der Waals surface area contributed by atoms with Crippen molar-refractivity contribution in [1.29, 1.82) is 0 Å². The highest BCUT2D eigenvalue weighted by Crippen LogP contribution is 2.14. The first kappa shape index (κ1) is 14.9. The number of hydrogen-bond acceptors (Lipinski definition) is 4. The van der Waals surface area contributed by atoms with E-state index < -0.39 is 16.1 Å². The zero-order valence-electron chi connectivity index (χ0n) is 10.6. The number of aliphatic hydroxyl groups excluding tert-OH is 1. The summed E-state index contributed by atoms with van der Waals surface area (Å²) in [5, 5.41) is 9.26. The van der Waals surface area contributed by atoms with Gasteiger partial charge in [0.25, 0.3) is 0 Å². The number of ether oxygens (including phenoxy) is 1. The van der Waals surface area contributed by atoms with E-state index in [9.17, 15) is 13.5 Å². The summed E-state index contributed by atoms with van der Waals surface area (Å²) in [5.41, 5.74) is 0. The largest absolute Gasteiger partial charge is 0.392 e. The number of sulfonamides is 1. The summed E-state index contributed by atoms with van der Waals surface area (Å²) in [6.45, 7) is 5.10. The maximum absolute atomic E-state index is 11.9. The maximum atomic E-state index is 11.9. The third-order valence-corrected chi connectivity index (χ3v) is 4.79. The minimum atomic E-state index is -3.30. The minimum Gasteiger partial charge on any atom is -0.392 e. The Bertz CT molecular complexity index is 309. The molecule has 0 saturated carbocycles. The third kappa shape index (κ3) is 5.33. The Morgan fingerprint density at radius 2 is 1.94 bits per heavy atom. The van der Waals surface area contributed by atoms with Gasteiger partial charge in [-0.15, -0.1) is 0 Å². The van der Waals surface area contributed by atoms with Crippen LogP contribution in [-0.4, -0.2) is 44.6 Å². The van der Waals surface area contributed by atoms with E-state index in [0.717, 1.165) is 0 Å². The second-order valence-electron chi connectivity index (χ2n) is 4.99. The molecule has 0 aromatic rings. The fourth-order valence-electron chi connectivity index (χ4n) is 1.94. The van der Waals surface area contributed by atoms with Crippen molar-refractivity contribution in [1.82, 2.24) is 4.72 Å². The van der Waals surface area contributed by atoms with Crippen LogP contribution in [0.2, 0.25) is 0 Å². The average Bonchev–Trinajstić information content (AvgIpc) is 2.27. The van der Waals surface area contributed by atoms with E-state index in [1.807, 2.05) is 13.8 Å². The molecular formula is C11H23NO4S. The van der Waals surface area contributed by atoms with E-state index in [2.05, 4.69) is 4.72 Å². The van der Waals surface area contributed by atoms with Gasteiger partial charge in [-0.3, -0.25) is 0 Å². The minimum absolute atomic E-state index is 0.109. The molecule has 0 amide bonds. The maximum Gasteiger partial charge on any atom is 0.214 e. The Labute approximate surface area is 104 Å². The molecule has 1 saturated heterocycles. The zero-order valence-corrected chi connectivity index (χ0v) is 11.4. The molecule has 0 aromatic carbocycles. The lowest BCUT2D eigenvalue weighted by atomic mass is 10.1. The normalized spacial score (nSPS) is 20.7. The number of hydrogen-bond donors (Lipinski definition) is 2. The van der Waals surface area contributed by atoms with E-state index in [0.29, 0.717) is 38.4 Å². The monoisotopic (exact) mass is 265 g/mol. The van der Waals surface area contributed by atoms with Crippen molar-refractivity contribution in [3.05, 3.63) is 0 Å². The fraction of sp³-hybridized carbons (Fsp3) is 1.00. The number of nitrogens with one attached hydrogen (secondary N) is 1. The van der Waals surface area contributed by atoms with Crippen LogP contribution in [0.4, 0.5) is 0 Å². The van der Waals surface area contributed by atoms with Crippen molar-refractivity contribution in [2.75, 3.05) is 19.8 Å². The summed E-state index contributed by atoms with van der Waals surface area (Å²) in [6, 6.07) is 0. The van der Waals surface area contributed by atoms with Crippen molar-refractivity contribution < 1.29 is 18.3 Å². The molecule has 102 valence electrons. The summed E-state index contributed by atoms with van der Waals surface area (Å²) >= 11 is 0. The summed E-state index contributed by atoms with van der Waals surface area (Å²) in [5.74, 6) is 0.359. The molecule has 6 heteroatoms. The van der Waals surface area contributed by atoms with Crippen molar-refractivity contribution in [3.8, 4) is 0 Å². The molecule has 0 radical (unpaired) electrons. The molecule has 1 unspecified atom stereocenters. The zero-order chi connectivity index (χ0) is 12.9. The smallest absolute Gasteiger partial charge is 0.214 e. The van der Waals surface area contributed by atoms with Crippen LogP contribution in [0.3, 0.4) is 0 Å². The molecule has 0 aromatic heterocycles. The first-order valence-corrected chi connectivity index (χ1v) is 7.70. The Morgan fingerprint density at radius 1 is 1.35 bits per heavy atom. The highest BCUT2D eigenvalue weighted by molar-refractivity contribution is 7.90. The average molecular weight is 265 g/mol. The summed E-state index contributed by atoms with van der Waals surface area (Å²) in [7, 11) is -3.30. The van der Waals surface area contributed by atoms with Crippen LogP contribution in [0.1, 0.15) is 33.1 Å². The lowest BCUT2D eigenvalue weighted by Crippen LogP contribution is -2.41. The van der Waals surface area contributed by atoms with Crippen molar-refractivity contribution in [2.24, 2.45) is 5.92 Å². The first-order chi connectivity index (χ1) is 7.92. The van der Waals surface area contributed by atoms with Gasteiger partial charge in [-0.2, -0.15) is 0 Å². The topological polar surface area (TPSA) is 75.6 Å². The Morgan fingerprint density at radius 3 is 2.47 bits per heavy atom. The molecule has 1 rings (SSSR count). The first-order valence-electron chi connectivity index (χ1n) is 6.16. The van der Waals surface area contributed by atoms with Crippen LogP contribution in [0, 0.1) is 5.92 Å². The van der Waals surface area contributed by atoms with Crippen LogP contribution in [0.5, 0.6) is 0 Å². The molecule has 1 aliphatic heterocycles. The Hall–Kier alpha value is -0.170. The molecule has 1 fully saturated rings. The highest BCUT2D eigenvalue weighted by atomic mass is 32.2. The van der Waals surface area contributed by atoms with E-state index >= 15 is 0 Å². The van der Waals surface area contributed by atoms with E-state index in [1.165, 1.54) is 0 Å². The molecular weight excluding hydrogens is 242 g/mol. The van der Waals surface area contributed by atoms with Gasteiger partial charge in [0, 0.05) is 19.8 Å². The Balaban J connectivity index is 2.38. The van der Waals surface area contributed by atoms with Crippen LogP contribution in [-0.2, 0) is 14.8 Å². The van der Waals surface area contributed by atoms with Crippen molar-refractivity contribution in [3.63, 3.8) is 0 Å². The molecule has 0 bridgehead atoms. The lowest BCUT2D eigenvalue weighted by molar-refractivity contribution is 0.0979. The van der Waals surface area contributed by atoms with Gasteiger partial charge in [-0.1, -0.05) is 13.8 Å². The van der Waals surface area contributed by atoms with Gasteiger partial charge in [0.05, 0.1) is 11.4 Å². The van der Waals surface area contributed by atoms with Gasteiger partial charge in [0.15, 0.2) is 0 Å². The molecule has 1 atom stereocenters. The summed E-state index contributed by atoms with van der Waals surface area (Å²) in [4.78, 5) is 0. The molecule has 5 nitrogen and oxygen atoms in total. The predicted molar refractivity (Wildman–Crippen MR) is 66.2 cm³/mol. The molecule has 17 heavy (non-hydrogen) atoms. The molecule has 1 aliphatic rings. The van der Waals surface area contributed by atoms with Crippen molar-refractivity contribution in [2.45, 2.75) is 44.5 Å². The predicted octanol–water partition coefficient (Wildman–Crippen LogP) is 0.492. The van der Waals surface area contributed by atoms with Gasteiger partial charge < -0.3 is 9.84 Å². The van der Waals surface area contributed by atoms with Gasteiger partial charge >= 0.3 is 0 Å². The van der Waals surface area contributed by atoms with Crippen LogP contribution < -0.4 is 4.72 Å².